The number of piperidine rings is 1. The molecule has 0 aromatic heterocycles. The van der Waals surface area contributed by atoms with E-state index in [4.69, 9.17) is 4.74 Å². The maximum absolute atomic E-state index is 11.9. The van der Waals surface area contributed by atoms with Crippen LogP contribution in [0.25, 0.3) is 0 Å². The van der Waals surface area contributed by atoms with Gasteiger partial charge < -0.3 is 15.4 Å². The van der Waals surface area contributed by atoms with Gasteiger partial charge in [-0.2, -0.15) is 0 Å². The molecule has 20 heavy (non-hydrogen) atoms. The molecule has 0 atom stereocenters. The molecule has 1 aliphatic heterocycles. The number of carbonyl (C=O) groups is 1. The van der Waals surface area contributed by atoms with Crippen LogP contribution in [0, 0.1) is 19.8 Å². The molecule has 0 aliphatic carbocycles. The molecule has 1 aliphatic rings. The summed E-state index contributed by atoms with van der Waals surface area (Å²) in [5.41, 5.74) is 2.39. The molecule has 110 valence electrons. The zero-order chi connectivity index (χ0) is 14.4. The van der Waals surface area contributed by atoms with Crippen LogP contribution in [0.4, 0.5) is 0 Å². The van der Waals surface area contributed by atoms with E-state index < -0.39 is 0 Å². The molecule has 2 rings (SSSR count). The van der Waals surface area contributed by atoms with Gasteiger partial charge in [-0.05, 0) is 63.0 Å². The van der Waals surface area contributed by atoms with Crippen molar-refractivity contribution >= 4 is 5.91 Å². The summed E-state index contributed by atoms with van der Waals surface area (Å²) in [6, 6.07) is 6.15. The minimum absolute atomic E-state index is 0.163. The summed E-state index contributed by atoms with van der Waals surface area (Å²) < 4.78 is 5.68. The Morgan fingerprint density at radius 3 is 2.55 bits per heavy atom. The van der Waals surface area contributed by atoms with Crippen LogP contribution in [0.1, 0.15) is 24.0 Å². The van der Waals surface area contributed by atoms with Gasteiger partial charge in [0.25, 0.3) is 0 Å². The first-order valence-corrected chi connectivity index (χ1v) is 7.34. The predicted molar refractivity (Wildman–Crippen MR) is 80.0 cm³/mol. The van der Waals surface area contributed by atoms with E-state index in [0.29, 0.717) is 13.2 Å². The topological polar surface area (TPSA) is 50.4 Å². The van der Waals surface area contributed by atoms with E-state index in [0.717, 1.165) is 31.7 Å². The van der Waals surface area contributed by atoms with E-state index in [1.807, 2.05) is 12.1 Å². The minimum Gasteiger partial charge on any atom is -0.492 e. The Balaban J connectivity index is 1.69. The van der Waals surface area contributed by atoms with Crippen molar-refractivity contribution in [2.24, 2.45) is 5.92 Å². The van der Waals surface area contributed by atoms with Gasteiger partial charge >= 0.3 is 0 Å². The van der Waals surface area contributed by atoms with Crippen molar-refractivity contribution < 1.29 is 9.53 Å². The van der Waals surface area contributed by atoms with Crippen molar-refractivity contribution in [2.75, 3.05) is 26.2 Å². The SMILES string of the molecule is Cc1cc(C)cc(OCCNC(=O)C2CCNCC2)c1. The van der Waals surface area contributed by atoms with Gasteiger partial charge in [0.1, 0.15) is 12.4 Å². The van der Waals surface area contributed by atoms with Crippen LogP contribution in [0.15, 0.2) is 18.2 Å². The standard InChI is InChI=1S/C16H24N2O2/c1-12-9-13(2)11-15(10-12)20-8-7-18-16(19)14-3-5-17-6-4-14/h9-11,14,17H,3-8H2,1-2H3,(H,18,19). The number of nitrogens with one attached hydrogen (secondary N) is 2. The number of hydrogen-bond donors (Lipinski definition) is 2. The third kappa shape index (κ3) is 4.53. The highest BCUT2D eigenvalue weighted by Gasteiger charge is 2.20. The molecule has 1 amide bonds. The van der Waals surface area contributed by atoms with E-state index >= 15 is 0 Å². The fourth-order valence-corrected chi connectivity index (χ4v) is 2.59. The normalized spacial score (nSPS) is 15.9. The fraction of sp³-hybridized carbons (Fsp3) is 0.562. The first kappa shape index (κ1) is 14.9. The van der Waals surface area contributed by atoms with Gasteiger partial charge in [0.15, 0.2) is 0 Å². The first-order chi connectivity index (χ1) is 9.65. The number of benzene rings is 1. The molecule has 1 saturated heterocycles. The van der Waals surface area contributed by atoms with E-state index in [1.54, 1.807) is 0 Å². The average molecular weight is 276 g/mol. The molecule has 1 aromatic carbocycles. The summed E-state index contributed by atoms with van der Waals surface area (Å²) in [6.07, 6.45) is 1.87. The number of amides is 1. The van der Waals surface area contributed by atoms with Crippen molar-refractivity contribution in [2.45, 2.75) is 26.7 Å². The Hall–Kier alpha value is -1.55. The van der Waals surface area contributed by atoms with Crippen LogP contribution in [0.5, 0.6) is 5.75 Å². The second-order valence-corrected chi connectivity index (χ2v) is 5.49. The molecule has 4 nitrogen and oxygen atoms in total. The third-order valence-corrected chi connectivity index (χ3v) is 3.58. The monoisotopic (exact) mass is 276 g/mol. The lowest BCUT2D eigenvalue weighted by atomic mass is 9.97. The lowest BCUT2D eigenvalue weighted by Crippen LogP contribution is -2.39. The summed E-state index contributed by atoms with van der Waals surface area (Å²) >= 11 is 0. The molecule has 1 fully saturated rings. The summed E-state index contributed by atoms with van der Waals surface area (Å²) in [6.45, 7) is 7.07. The number of hydrogen-bond acceptors (Lipinski definition) is 3. The second-order valence-electron chi connectivity index (χ2n) is 5.49. The van der Waals surface area contributed by atoms with Crippen LogP contribution in [-0.4, -0.2) is 32.1 Å². The van der Waals surface area contributed by atoms with Crippen LogP contribution in [0.3, 0.4) is 0 Å². The molecular weight excluding hydrogens is 252 g/mol. The van der Waals surface area contributed by atoms with Crippen LogP contribution in [0.2, 0.25) is 0 Å². The Kier molecular flexibility index (Phi) is 5.41. The molecular formula is C16H24N2O2. The summed E-state index contributed by atoms with van der Waals surface area (Å²) in [5.74, 6) is 1.20. The van der Waals surface area contributed by atoms with Gasteiger partial charge in [-0.3, -0.25) is 4.79 Å². The van der Waals surface area contributed by atoms with Gasteiger partial charge in [-0.1, -0.05) is 6.07 Å². The highest BCUT2D eigenvalue weighted by atomic mass is 16.5. The lowest BCUT2D eigenvalue weighted by molar-refractivity contribution is -0.125. The fourth-order valence-electron chi connectivity index (χ4n) is 2.59. The van der Waals surface area contributed by atoms with Gasteiger partial charge in [0.05, 0.1) is 6.54 Å². The second kappa shape index (κ2) is 7.29. The van der Waals surface area contributed by atoms with Gasteiger partial charge in [0.2, 0.25) is 5.91 Å². The number of aryl methyl sites for hydroxylation is 2. The zero-order valence-electron chi connectivity index (χ0n) is 12.4. The molecule has 0 bridgehead atoms. The predicted octanol–water partition coefficient (Wildman–Crippen LogP) is 1.80. The molecule has 1 heterocycles. The number of carbonyl (C=O) groups excluding carboxylic acids is 1. The molecule has 0 unspecified atom stereocenters. The average Bonchev–Trinajstić information content (AvgIpc) is 2.43. The first-order valence-electron chi connectivity index (χ1n) is 7.34. The van der Waals surface area contributed by atoms with Crippen LogP contribution in [-0.2, 0) is 4.79 Å². The molecule has 1 aromatic rings. The zero-order valence-corrected chi connectivity index (χ0v) is 12.4. The maximum Gasteiger partial charge on any atom is 0.223 e. The molecule has 0 spiro atoms. The number of rotatable bonds is 5. The molecule has 4 heteroatoms. The Labute approximate surface area is 120 Å². The van der Waals surface area contributed by atoms with Gasteiger partial charge in [-0.25, -0.2) is 0 Å². The lowest BCUT2D eigenvalue weighted by Gasteiger charge is -2.21. The van der Waals surface area contributed by atoms with Crippen LogP contribution >= 0.6 is 0 Å². The van der Waals surface area contributed by atoms with E-state index in [2.05, 4.69) is 30.5 Å². The quantitative estimate of drug-likeness (QED) is 0.806. The van der Waals surface area contributed by atoms with Gasteiger partial charge in [-0.15, -0.1) is 0 Å². The molecule has 2 N–H and O–H groups in total. The van der Waals surface area contributed by atoms with E-state index in [1.165, 1.54) is 11.1 Å². The van der Waals surface area contributed by atoms with E-state index in [9.17, 15) is 4.79 Å². The molecule has 0 saturated carbocycles. The summed E-state index contributed by atoms with van der Waals surface area (Å²) in [7, 11) is 0. The summed E-state index contributed by atoms with van der Waals surface area (Å²) in [5, 5.41) is 6.22. The Morgan fingerprint density at radius 2 is 1.90 bits per heavy atom. The molecule has 0 radical (unpaired) electrons. The van der Waals surface area contributed by atoms with Gasteiger partial charge in [0, 0.05) is 5.92 Å². The minimum atomic E-state index is 0.163. The third-order valence-electron chi connectivity index (χ3n) is 3.58. The largest absolute Gasteiger partial charge is 0.492 e. The van der Waals surface area contributed by atoms with Crippen molar-refractivity contribution in [3.8, 4) is 5.75 Å². The smallest absolute Gasteiger partial charge is 0.223 e. The Morgan fingerprint density at radius 1 is 1.25 bits per heavy atom. The van der Waals surface area contributed by atoms with E-state index in [-0.39, 0.29) is 11.8 Å². The Bertz CT molecular complexity index is 434. The maximum atomic E-state index is 11.9. The highest BCUT2D eigenvalue weighted by Crippen LogP contribution is 2.16. The summed E-state index contributed by atoms with van der Waals surface area (Å²) in [4.78, 5) is 11.9. The van der Waals surface area contributed by atoms with Crippen molar-refractivity contribution in [3.63, 3.8) is 0 Å². The van der Waals surface area contributed by atoms with Crippen molar-refractivity contribution in [3.05, 3.63) is 29.3 Å². The van der Waals surface area contributed by atoms with Crippen molar-refractivity contribution in [1.82, 2.24) is 10.6 Å². The van der Waals surface area contributed by atoms with Crippen molar-refractivity contribution in [1.29, 1.82) is 0 Å². The number of ether oxygens (including phenoxy) is 1. The van der Waals surface area contributed by atoms with Crippen LogP contribution < -0.4 is 15.4 Å². The highest BCUT2D eigenvalue weighted by molar-refractivity contribution is 5.78.